The van der Waals surface area contributed by atoms with Crippen LogP contribution in [0.2, 0.25) is 0 Å². The quantitative estimate of drug-likeness (QED) is 0.0109. The van der Waals surface area contributed by atoms with E-state index in [2.05, 4.69) is 82.7 Å². The molecule has 0 amide bonds. The van der Waals surface area contributed by atoms with Crippen LogP contribution in [0.15, 0.2) is 140 Å². The third-order valence-corrected chi connectivity index (χ3v) is 31.3. The van der Waals surface area contributed by atoms with Crippen LogP contribution in [0.3, 0.4) is 0 Å². The molecule has 5 aromatic heterocycles. The van der Waals surface area contributed by atoms with Crippen molar-refractivity contribution in [2.24, 2.45) is 96.0 Å². The lowest BCUT2D eigenvalue weighted by Gasteiger charge is -2.21. The number of sulfone groups is 1. The summed E-state index contributed by atoms with van der Waals surface area (Å²) in [6, 6.07) is 23.8. The lowest BCUT2D eigenvalue weighted by Crippen LogP contribution is -2.35. The van der Waals surface area contributed by atoms with Crippen LogP contribution in [0.1, 0.15) is 177 Å². The number of hydrogen-bond acceptors (Lipinski definition) is 33. The van der Waals surface area contributed by atoms with Gasteiger partial charge in [0.25, 0.3) is 10.2 Å². The summed E-state index contributed by atoms with van der Waals surface area (Å²) in [7, 11) is -9.71. The van der Waals surface area contributed by atoms with E-state index in [4.69, 9.17) is 33.0 Å². The third-order valence-electron chi connectivity index (χ3n) is 27.3. The van der Waals surface area contributed by atoms with Gasteiger partial charge in [0.1, 0.15) is 96.0 Å². The molecule has 8 fully saturated rings. The van der Waals surface area contributed by atoms with Crippen LogP contribution >= 0.6 is 0 Å². The van der Waals surface area contributed by atoms with E-state index in [0.29, 0.717) is 220 Å². The number of nitrogens with one attached hydrogen (secondary N) is 1. The van der Waals surface area contributed by atoms with E-state index in [0.717, 1.165) is 124 Å². The second-order valence-corrected chi connectivity index (χ2v) is 43.0. The Morgan fingerprint density at radius 1 is 0.382 bits per heavy atom. The van der Waals surface area contributed by atoms with Gasteiger partial charge in [-0.25, -0.2) is 71.4 Å². The van der Waals surface area contributed by atoms with Crippen molar-refractivity contribution in [3.63, 3.8) is 0 Å². The van der Waals surface area contributed by atoms with Crippen molar-refractivity contribution in [2.75, 3.05) is 70.2 Å². The predicted molar refractivity (Wildman–Crippen MR) is 484 cm³/mol. The van der Waals surface area contributed by atoms with E-state index in [-0.39, 0.29) is 83.3 Å². The molecular formula is C92H112F5N19O17S3. The maximum absolute atomic E-state index is 13.5. The van der Waals surface area contributed by atoms with Crippen molar-refractivity contribution in [2.45, 2.75) is 163 Å². The summed E-state index contributed by atoms with van der Waals surface area (Å²) >= 11 is 0. The number of halogens is 5. The second kappa shape index (κ2) is 45.2. The van der Waals surface area contributed by atoms with Gasteiger partial charge in [0.2, 0.25) is 10.0 Å². The first kappa shape index (κ1) is 100. The highest BCUT2D eigenvalue weighted by Gasteiger charge is 2.47. The van der Waals surface area contributed by atoms with Crippen LogP contribution in [-0.2, 0) is 99.0 Å². The molecule has 10 heterocycles. The Morgan fingerprint density at radius 2 is 0.625 bits per heavy atom. The molecule has 0 bridgehead atoms. The summed E-state index contributed by atoms with van der Waals surface area (Å²) in [6.07, 6.45) is 15.1. The Morgan fingerprint density at radius 3 is 0.868 bits per heavy atom. The van der Waals surface area contributed by atoms with Crippen LogP contribution in [0.25, 0.3) is 0 Å². The number of nitrogens with two attached hydrogens (primary N) is 1. The number of oxime groups is 5. The standard InChI is InChI=1S/C20H25FN4O4S.C19H24FN5O4S.C19H22FN3O3.C17H21FN4O2.C17H20FN3O4S/c1-12-5-13(3-4-17(12)21)8-18(22-26)20-19(23-29-24-20)9-14-6-15-10-25(30(2,27)28)11-16(15)7-14;1-11-4-12(2-3-16(11)20)7-17(22-26)19-18(23-29-24-19)8-13-5-14-9-25(30(21,27)28)10-15(14)6-13;1-11-4-12(2-3-16(11)20)7-17(21-24)19-18(22-26-23-19)8-13-5-14-9-25-10-15(14)6-13;1-11-8-13(2-3-14(11)18)10-15(20-23)17-16(21-24-22-17)9-12-4-6-19-7-5-12;1-11-8-13(2-3-14(11)18)10-15(19-22)17-16(20-25-21-17)9-12-4-6-26(23,24)7-5-12/h3-5,14-16,26H,6-11H2,1-2H3;2-4,13-15,26H,5-10H2,1H3,(H2,21,27,28);2-4,13-15,24H,5-10H2,1H3;2-3,8,12,19,23H,4-7,9-10H2,1H3;2-3,8,12,22H,4-7,9-10H2,1H3. The molecule has 10 aromatic rings. The molecule has 5 aliphatic heterocycles. The van der Waals surface area contributed by atoms with E-state index < -0.39 is 30.1 Å². The number of ether oxygens (including phenoxy) is 1. The summed E-state index contributed by atoms with van der Waals surface area (Å²) in [4.78, 5) is 0. The molecule has 8 aliphatic rings. The summed E-state index contributed by atoms with van der Waals surface area (Å²) in [5, 5.41) is 112. The fourth-order valence-electron chi connectivity index (χ4n) is 20.1. The van der Waals surface area contributed by atoms with Crippen molar-refractivity contribution < 1.29 is 101 Å². The van der Waals surface area contributed by atoms with Gasteiger partial charge in [-0.1, -0.05) is 112 Å². The zero-order valence-corrected chi connectivity index (χ0v) is 78.6. The van der Waals surface area contributed by atoms with Gasteiger partial charge in [-0.3, -0.25) is 0 Å². The number of aromatic nitrogens is 10. The lowest BCUT2D eigenvalue weighted by molar-refractivity contribution is 0.166. The molecule has 44 heteroatoms. The minimum absolute atomic E-state index is 0.164. The first-order valence-electron chi connectivity index (χ1n) is 45.3. The van der Waals surface area contributed by atoms with Gasteiger partial charge in [-0.2, -0.15) is 12.7 Å². The fraction of sp³-hybridized carbons (Fsp3) is 0.511. The Labute approximate surface area is 782 Å². The Bertz CT molecular complexity index is 6120. The number of sulfonamides is 1. The smallest absolute Gasteiger partial charge is 0.276 e. The molecule has 6 unspecified atom stereocenters. The molecule has 0 spiro atoms. The molecule has 0 radical (unpaired) electrons. The molecule has 136 heavy (non-hydrogen) atoms. The molecule has 730 valence electrons. The highest BCUT2D eigenvalue weighted by Crippen LogP contribution is 2.46. The Balaban J connectivity index is 0.000000136. The number of aryl methyl sites for hydroxylation is 5. The van der Waals surface area contributed by atoms with Gasteiger partial charge < -0.3 is 36.1 Å². The molecule has 6 atom stereocenters. The molecule has 8 N–H and O–H groups in total. The van der Waals surface area contributed by atoms with Gasteiger partial charge in [0.05, 0.1) is 17.8 Å². The number of hydrogen-bond donors (Lipinski definition) is 7. The van der Waals surface area contributed by atoms with Gasteiger partial charge >= 0.3 is 0 Å². The van der Waals surface area contributed by atoms with E-state index in [1.54, 1.807) is 99.6 Å². The van der Waals surface area contributed by atoms with E-state index >= 15 is 0 Å². The summed E-state index contributed by atoms with van der Waals surface area (Å²) in [5.74, 6) is 3.41. The van der Waals surface area contributed by atoms with Crippen LogP contribution in [0.4, 0.5) is 22.0 Å². The highest BCUT2D eigenvalue weighted by atomic mass is 32.2. The van der Waals surface area contributed by atoms with Crippen molar-refractivity contribution in [1.29, 1.82) is 0 Å². The number of fused-ring (bicyclic) bond motifs is 3. The number of benzene rings is 5. The molecule has 18 rings (SSSR count). The highest BCUT2D eigenvalue weighted by molar-refractivity contribution is 7.91. The maximum atomic E-state index is 13.5. The molecule has 5 saturated heterocycles. The average Bonchev–Trinajstić information content (AvgIpc) is 1.64. The molecule has 5 aromatic carbocycles. The predicted octanol–water partition coefficient (Wildman–Crippen LogP) is 12.0. The monoisotopic (exact) mass is 1950 g/mol. The fourth-order valence-corrected chi connectivity index (χ4v) is 23.4. The van der Waals surface area contributed by atoms with Gasteiger partial charge in [0, 0.05) is 71.5 Å². The minimum atomic E-state index is -3.64. The minimum Gasteiger partial charge on any atom is -0.411 e. The van der Waals surface area contributed by atoms with Crippen molar-refractivity contribution in [1.82, 2.24) is 65.5 Å². The molecule has 36 nitrogen and oxygen atoms in total. The van der Waals surface area contributed by atoms with Gasteiger partial charge in [-0.15, -0.1) is 0 Å². The van der Waals surface area contributed by atoms with Crippen molar-refractivity contribution >= 4 is 58.6 Å². The maximum Gasteiger partial charge on any atom is 0.276 e. The topological polar surface area (TPSA) is 514 Å². The zero-order chi connectivity index (χ0) is 96.7. The number of nitrogens with zero attached hydrogens (tertiary/aromatic N) is 17. The first-order valence-corrected chi connectivity index (χ1v) is 50.4. The average molecular weight is 1950 g/mol. The third kappa shape index (κ3) is 26.0. The van der Waals surface area contributed by atoms with Crippen LogP contribution < -0.4 is 10.5 Å². The van der Waals surface area contributed by atoms with Gasteiger partial charge in [-0.05, 0) is 321 Å². The van der Waals surface area contributed by atoms with Crippen LogP contribution in [0.5, 0.6) is 0 Å². The largest absolute Gasteiger partial charge is 0.411 e. The SMILES string of the molecule is Cc1cc(CC(=NO)c2nonc2CC2CC3CN(S(C)(=O)=O)CC3C2)ccc1F.Cc1cc(CC(=NO)c2nonc2CC2CC3CN(S(N)(=O)=O)CC3C2)ccc1F.Cc1cc(CC(=NO)c2nonc2CC2CC3COCC3C2)ccc1F.Cc1cc(CC(=NO)c2nonc2CC2CCNCC2)ccc1F.Cc1cc(CC(=NO)c2nonc2CC2CCS(=O)(=O)CC2)ccc1F. The Kier molecular flexibility index (Phi) is 33.3. The van der Waals surface area contributed by atoms with E-state index in [1.807, 2.05) is 0 Å². The Hall–Kier alpha value is -11.6. The van der Waals surface area contributed by atoms with E-state index in [9.17, 15) is 73.2 Å². The van der Waals surface area contributed by atoms with Crippen molar-refractivity contribution in [3.05, 3.63) is 233 Å². The second-order valence-electron chi connectivity index (χ2n) is 37.2. The van der Waals surface area contributed by atoms with Crippen molar-refractivity contribution in [3.8, 4) is 0 Å². The van der Waals surface area contributed by atoms with Crippen LogP contribution in [-0.4, -0.2) is 210 Å². The first-order chi connectivity index (χ1) is 65.2. The lowest BCUT2D eigenvalue weighted by atomic mass is 9.91. The summed E-state index contributed by atoms with van der Waals surface area (Å²) in [5.41, 5.74) is 13.7. The molecular weight excluding hydrogens is 1830 g/mol. The van der Waals surface area contributed by atoms with E-state index in [1.165, 1.54) is 40.9 Å². The van der Waals surface area contributed by atoms with Crippen LogP contribution in [0, 0.1) is 129 Å². The molecule has 3 aliphatic carbocycles. The zero-order valence-electron chi connectivity index (χ0n) is 76.2. The summed E-state index contributed by atoms with van der Waals surface area (Å²) < 4.78 is 170. The summed E-state index contributed by atoms with van der Waals surface area (Å²) in [6.45, 7) is 14.2. The molecule has 3 saturated carbocycles. The number of rotatable bonds is 27. The van der Waals surface area contributed by atoms with Gasteiger partial charge in [0.15, 0.2) is 28.5 Å². The number of piperidine rings is 1. The normalized spacial score (nSPS) is 22.3.